The fourth-order valence-electron chi connectivity index (χ4n) is 1.94. The zero-order valence-corrected chi connectivity index (χ0v) is 12.2. The molecule has 5 heteroatoms. The minimum absolute atomic E-state index is 0.722. The summed E-state index contributed by atoms with van der Waals surface area (Å²) >= 11 is 0. The molecule has 1 heterocycles. The van der Waals surface area contributed by atoms with Gasteiger partial charge in [-0.3, -0.25) is 0 Å². The molecule has 0 saturated heterocycles. The van der Waals surface area contributed by atoms with Gasteiger partial charge < -0.3 is 14.8 Å². The summed E-state index contributed by atoms with van der Waals surface area (Å²) in [5, 5.41) is 3.20. The van der Waals surface area contributed by atoms with Gasteiger partial charge in [0.1, 0.15) is 23.1 Å². The third kappa shape index (κ3) is 3.17. The SMILES string of the molecule is CCNc1cc(-c2cc(OC)cc(OC)c2)nc(C)n1. The molecule has 0 amide bonds. The molecule has 0 radical (unpaired) electrons. The molecule has 0 saturated carbocycles. The summed E-state index contributed by atoms with van der Waals surface area (Å²) in [6.45, 7) is 4.73. The van der Waals surface area contributed by atoms with E-state index in [9.17, 15) is 0 Å². The lowest BCUT2D eigenvalue weighted by molar-refractivity contribution is 0.394. The standard InChI is InChI=1S/C15H19N3O2/c1-5-16-15-9-14(17-10(2)18-15)11-6-12(19-3)8-13(7-11)20-4/h6-9H,5H2,1-4H3,(H,16,17,18). The van der Waals surface area contributed by atoms with Crippen molar-refractivity contribution in [1.29, 1.82) is 0 Å². The molecule has 0 aliphatic carbocycles. The molecule has 20 heavy (non-hydrogen) atoms. The smallest absolute Gasteiger partial charge is 0.130 e. The third-order valence-corrected chi connectivity index (χ3v) is 2.84. The number of anilines is 1. The summed E-state index contributed by atoms with van der Waals surface area (Å²) in [7, 11) is 3.27. The lowest BCUT2D eigenvalue weighted by Gasteiger charge is -2.10. The van der Waals surface area contributed by atoms with Gasteiger partial charge in [-0.15, -0.1) is 0 Å². The van der Waals surface area contributed by atoms with Crippen LogP contribution in [0.15, 0.2) is 24.3 Å². The van der Waals surface area contributed by atoms with Crippen molar-refractivity contribution < 1.29 is 9.47 Å². The molecule has 0 aliphatic heterocycles. The van der Waals surface area contributed by atoms with Crippen LogP contribution >= 0.6 is 0 Å². The van der Waals surface area contributed by atoms with Gasteiger partial charge in [0.25, 0.3) is 0 Å². The second-order valence-corrected chi connectivity index (χ2v) is 4.32. The van der Waals surface area contributed by atoms with Crippen molar-refractivity contribution in [3.05, 3.63) is 30.1 Å². The summed E-state index contributed by atoms with van der Waals surface area (Å²) in [4.78, 5) is 8.82. The van der Waals surface area contributed by atoms with Gasteiger partial charge in [-0.2, -0.15) is 0 Å². The molecular formula is C15H19N3O2. The fraction of sp³-hybridized carbons (Fsp3) is 0.333. The molecule has 106 valence electrons. The number of ether oxygens (including phenoxy) is 2. The molecular weight excluding hydrogens is 254 g/mol. The Balaban J connectivity index is 2.49. The van der Waals surface area contributed by atoms with E-state index in [2.05, 4.69) is 15.3 Å². The van der Waals surface area contributed by atoms with E-state index < -0.39 is 0 Å². The van der Waals surface area contributed by atoms with Crippen molar-refractivity contribution in [1.82, 2.24) is 9.97 Å². The van der Waals surface area contributed by atoms with Gasteiger partial charge in [0.2, 0.25) is 0 Å². The zero-order valence-electron chi connectivity index (χ0n) is 12.2. The second-order valence-electron chi connectivity index (χ2n) is 4.32. The highest BCUT2D eigenvalue weighted by molar-refractivity contribution is 5.66. The van der Waals surface area contributed by atoms with E-state index in [0.29, 0.717) is 0 Å². The van der Waals surface area contributed by atoms with Crippen molar-refractivity contribution in [2.45, 2.75) is 13.8 Å². The van der Waals surface area contributed by atoms with Gasteiger partial charge in [0, 0.05) is 24.2 Å². The number of rotatable bonds is 5. The largest absolute Gasteiger partial charge is 0.497 e. The minimum atomic E-state index is 0.722. The average molecular weight is 273 g/mol. The normalized spacial score (nSPS) is 10.2. The fourth-order valence-corrected chi connectivity index (χ4v) is 1.94. The summed E-state index contributed by atoms with van der Waals surface area (Å²) < 4.78 is 10.6. The molecule has 0 unspecified atom stereocenters. The molecule has 2 rings (SSSR count). The van der Waals surface area contributed by atoms with E-state index >= 15 is 0 Å². The van der Waals surface area contributed by atoms with Crippen molar-refractivity contribution in [2.24, 2.45) is 0 Å². The molecule has 5 nitrogen and oxygen atoms in total. The predicted octanol–water partition coefficient (Wildman–Crippen LogP) is 2.90. The second kappa shape index (κ2) is 6.23. The number of hydrogen-bond acceptors (Lipinski definition) is 5. The number of nitrogens with one attached hydrogen (secondary N) is 1. The Morgan fingerprint density at radius 1 is 1.00 bits per heavy atom. The average Bonchev–Trinajstić information content (AvgIpc) is 2.46. The maximum atomic E-state index is 5.29. The van der Waals surface area contributed by atoms with Crippen molar-refractivity contribution in [3.63, 3.8) is 0 Å². The summed E-state index contributed by atoms with van der Waals surface area (Å²) in [6.07, 6.45) is 0. The van der Waals surface area contributed by atoms with Crippen LogP contribution in [0.2, 0.25) is 0 Å². The molecule has 0 spiro atoms. The van der Waals surface area contributed by atoms with Gasteiger partial charge in [-0.05, 0) is 26.0 Å². The lowest BCUT2D eigenvalue weighted by Crippen LogP contribution is -2.02. The van der Waals surface area contributed by atoms with Crippen LogP contribution in [0.25, 0.3) is 11.3 Å². The third-order valence-electron chi connectivity index (χ3n) is 2.84. The highest BCUT2D eigenvalue weighted by atomic mass is 16.5. The van der Waals surface area contributed by atoms with E-state index in [4.69, 9.17) is 9.47 Å². The maximum Gasteiger partial charge on any atom is 0.130 e. The van der Waals surface area contributed by atoms with Gasteiger partial charge in [0.05, 0.1) is 19.9 Å². The van der Waals surface area contributed by atoms with Crippen LogP contribution in [0.5, 0.6) is 11.5 Å². The predicted molar refractivity (Wildman–Crippen MR) is 79.5 cm³/mol. The minimum Gasteiger partial charge on any atom is -0.497 e. The molecule has 2 aromatic rings. The van der Waals surface area contributed by atoms with Crippen LogP contribution in [-0.4, -0.2) is 30.7 Å². The number of aryl methyl sites for hydroxylation is 1. The first-order chi connectivity index (χ1) is 9.66. The van der Waals surface area contributed by atoms with Crippen molar-refractivity contribution in [2.75, 3.05) is 26.1 Å². The van der Waals surface area contributed by atoms with Gasteiger partial charge >= 0.3 is 0 Å². The van der Waals surface area contributed by atoms with Gasteiger partial charge in [-0.1, -0.05) is 0 Å². The Bertz CT molecular complexity index is 577. The Labute approximate surface area is 119 Å². The first-order valence-electron chi connectivity index (χ1n) is 6.49. The zero-order chi connectivity index (χ0) is 14.5. The molecule has 0 fully saturated rings. The molecule has 1 aromatic heterocycles. The number of benzene rings is 1. The molecule has 0 bridgehead atoms. The van der Waals surface area contributed by atoms with Crippen LogP contribution in [0.4, 0.5) is 5.82 Å². The quantitative estimate of drug-likeness (QED) is 0.907. The summed E-state index contributed by atoms with van der Waals surface area (Å²) in [5.41, 5.74) is 1.77. The molecule has 1 N–H and O–H groups in total. The lowest BCUT2D eigenvalue weighted by atomic mass is 10.1. The highest BCUT2D eigenvalue weighted by Gasteiger charge is 2.08. The van der Waals surface area contributed by atoms with E-state index in [0.717, 1.165) is 40.9 Å². The van der Waals surface area contributed by atoms with E-state index in [1.807, 2.05) is 38.1 Å². The van der Waals surface area contributed by atoms with Crippen LogP contribution < -0.4 is 14.8 Å². The maximum absolute atomic E-state index is 5.29. The van der Waals surface area contributed by atoms with Crippen LogP contribution in [0.3, 0.4) is 0 Å². The van der Waals surface area contributed by atoms with E-state index in [1.54, 1.807) is 14.2 Å². The molecule has 0 aliphatic rings. The Hall–Kier alpha value is -2.30. The Kier molecular flexibility index (Phi) is 4.40. The van der Waals surface area contributed by atoms with Crippen molar-refractivity contribution >= 4 is 5.82 Å². The van der Waals surface area contributed by atoms with Gasteiger partial charge in [0.15, 0.2) is 0 Å². The van der Waals surface area contributed by atoms with Crippen LogP contribution in [0.1, 0.15) is 12.7 Å². The highest BCUT2D eigenvalue weighted by Crippen LogP contribution is 2.29. The molecule has 0 atom stereocenters. The topological polar surface area (TPSA) is 56.3 Å². The molecule has 1 aromatic carbocycles. The first kappa shape index (κ1) is 14.1. The number of methoxy groups -OCH3 is 2. The van der Waals surface area contributed by atoms with E-state index in [1.165, 1.54) is 0 Å². The van der Waals surface area contributed by atoms with Gasteiger partial charge in [-0.25, -0.2) is 9.97 Å². The first-order valence-corrected chi connectivity index (χ1v) is 6.49. The van der Waals surface area contributed by atoms with Crippen LogP contribution in [-0.2, 0) is 0 Å². The Morgan fingerprint density at radius 3 is 2.20 bits per heavy atom. The number of nitrogens with zero attached hydrogens (tertiary/aromatic N) is 2. The van der Waals surface area contributed by atoms with E-state index in [-0.39, 0.29) is 0 Å². The monoisotopic (exact) mass is 273 g/mol. The number of aromatic nitrogens is 2. The Morgan fingerprint density at radius 2 is 1.65 bits per heavy atom. The van der Waals surface area contributed by atoms with Crippen molar-refractivity contribution in [3.8, 4) is 22.8 Å². The van der Waals surface area contributed by atoms with Crippen LogP contribution in [0, 0.1) is 6.92 Å². The summed E-state index contributed by atoms with van der Waals surface area (Å²) in [6, 6.07) is 7.62. The summed E-state index contributed by atoms with van der Waals surface area (Å²) in [5.74, 6) is 3.01. The number of hydrogen-bond donors (Lipinski definition) is 1.